The normalized spacial score (nSPS) is 27.5. The van der Waals surface area contributed by atoms with Gasteiger partial charge < -0.3 is 16.0 Å². The fourth-order valence-electron chi connectivity index (χ4n) is 2.45. The molecule has 0 aromatic carbocycles. The lowest BCUT2D eigenvalue weighted by Gasteiger charge is -2.26. The molecule has 3 N–H and O–H groups in total. The Morgan fingerprint density at radius 2 is 2.15 bits per heavy atom. The van der Waals surface area contributed by atoms with E-state index in [1.54, 1.807) is 14.0 Å². The highest BCUT2D eigenvalue weighted by molar-refractivity contribution is 6.09. The third kappa shape index (κ3) is 2.37. The van der Waals surface area contributed by atoms with Crippen molar-refractivity contribution in [1.29, 1.82) is 0 Å². The molecule has 1 saturated heterocycles. The molecule has 2 aliphatic rings. The predicted octanol–water partition coefficient (Wildman–Crippen LogP) is -0.487. The van der Waals surface area contributed by atoms with Crippen LogP contribution in [0, 0.1) is 5.92 Å². The standard InChI is InChI=1S/C13H22N4O3/c1-8(6-14)16(3)10(18)7-17-11(19)13(2,9-4-5-9)15-12(17)20/h8-9H,4-7,14H2,1-3H3,(H,15,20). The van der Waals surface area contributed by atoms with Crippen molar-refractivity contribution in [2.75, 3.05) is 20.1 Å². The van der Waals surface area contributed by atoms with Crippen LogP contribution < -0.4 is 11.1 Å². The van der Waals surface area contributed by atoms with E-state index in [4.69, 9.17) is 5.73 Å². The third-order valence-corrected chi connectivity index (χ3v) is 4.38. The van der Waals surface area contributed by atoms with Crippen LogP contribution in [0.2, 0.25) is 0 Å². The molecule has 1 aliphatic heterocycles. The SMILES string of the molecule is CC(CN)N(C)C(=O)CN1C(=O)NC(C)(C2CC2)C1=O. The van der Waals surface area contributed by atoms with Gasteiger partial charge in [-0.1, -0.05) is 0 Å². The zero-order valence-electron chi connectivity index (χ0n) is 12.2. The zero-order valence-corrected chi connectivity index (χ0v) is 12.2. The van der Waals surface area contributed by atoms with Crippen molar-refractivity contribution in [3.8, 4) is 0 Å². The summed E-state index contributed by atoms with van der Waals surface area (Å²) in [5.74, 6) is -0.390. The van der Waals surface area contributed by atoms with Gasteiger partial charge in [0.15, 0.2) is 0 Å². The number of nitrogens with one attached hydrogen (secondary N) is 1. The number of nitrogens with zero attached hydrogens (tertiary/aromatic N) is 2. The number of urea groups is 1. The Kier molecular flexibility index (Phi) is 3.73. The molecule has 4 amide bonds. The van der Waals surface area contributed by atoms with Gasteiger partial charge in [-0.15, -0.1) is 0 Å². The van der Waals surface area contributed by atoms with Gasteiger partial charge in [0.1, 0.15) is 12.1 Å². The molecular formula is C13H22N4O3. The molecule has 1 aliphatic carbocycles. The molecule has 1 saturated carbocycles. The number of hydrogen-bond donors (Lipinski definition) is 2. The fourth-order valence-corrected chi connectivity index (χ4v) is 2.45. The molecule has 0 spiro atoms. The minimum atomic E-state index is -0.838. The number of hydrogen-bond acceptors (Lipinski definition) is 4. The van der Waals surface area contributed by atoms with Gasteiger partial charge in [-0.2, -0.15) is 0 Å². The molecule has 7 nitrogen and oxygen atoms in total. The van der Waals surface area contributed by atoms with E-state index in [1.165, 1.54) is 4.90 Å². The molecule has 2 atom stereocenters. The average Bonchev–Trinajstić information content (AvgIpc) is 3.23. The minimum Gasteiger partial charge on any atom is -0.340 e. The first-order chi connectivity index (χ1) is 9.31. The van der Waals surface area contributed by atoms with E-state index in [2.05, 4.69) is 5.32 Å². The van der Waals surface area contributed by atoms with E-state index in [0.29, 0.717) is 6.54 Å². The Bertz CT molecular complexity index is 449. The van der Waals surface area contributed by atoms with Crippen LogP contribution in [0.3, 0.4) is 0 Å². The molecule has 20 heavy (non-hydrogen) atoms. The molecule has 2 fully saturated rings. The van der Waals surface area contributed by atoms with Gasteiger partial charge in [0.25, 0.3) is 5.91 Å². The van der Waals surface area contributed by atoms with Crippen LogP contribution in [-0.2, 0) is 9.59 Å². The van der Waals surface area contributed by atoms with Crippen molar-refractivity contribution >= 4 is 17.8 Å². The fraction of sp³-hybridized carbons (Fsp3) is 0.769. The Morgan fingerprint density at radius 1 is 1.55 bits per heavy atom. The van der Waals surface area contributed by atoms with Crippen molar-refractivity contribution in [2.24, 2.45) is 11.7 Å². The van der Waals surface area contributed by atoms with Gasteiger partial charge in [0, 0.05) is 19.6 Å². The molecule has 2 rings (SSSR count). The van der Waals surface area contributed by atoms with Gasteiger partial charge >= 0.3 is 6.03 Å². The monoisotopic (exact) mass is 282 g/mol. The molecule has 112 valence electrons. The van der Waals surface area contributed by atoms with Gasteiger partial charge in [-0.3, -0.25) is 14.5 Å². The molecule has 0 aromatic rings. The molecule has 2 unspecified atom stereocenters. The van der Waals surface area contributed by atoms with Crippen LogP contribution in [0.5, 0.6) is 0 Å². The summed E-state index contributed by atoms with van der Waals surface area (Å²) < 4.78 is 0. The number of imide groups is 1. The second-order valence-electron chi connectivity index (χ2n) is 5.89. The summed E-state index contributed by atoms with van der Waals surface area (Å²) in [6, 6.07) is -0.607. The van der Waals surface area contributed by atoms with Crippen LogP contribution in [0.15, 0.2) is 0 Å². The number of carbonyl (C=O) groups is 3. The predicted molar refractivity (Wildman–Crippen MR) is 72.7 cm³/mol. The number of likely N-dealkylation sites (N-methyl/N-ethyl adjacent to an activating group) is 1. The Morgan fingerprint density at radius 3 is 2.65 bits per heavy atom. The van der Waals surface area contributed by atoms with Crippen LogP contribution in [0.25, 0.3) is 0 Å². The number of rotatable bonds is 5. The lowest BCUT2D eigenvalue weighted by atomic mass is 9.96. The van der Waals surface area contributed by atoms with Crippen LogP contribution in [0.1, 0.15) is 26.7 Å². The van der Waals surface area contributed by atoms with Gasteiger partial charge in [0.2, 0.25) is 5.91 Å². The zero-order chi connectivity index (χ0) is 15.1. The van der Waals surface area contributed by atoms with Crippen molar-refractivity contribution < 1.29 is 14.4 Å². The summed E-state index contributed by atoms with van der Waals surface area (Å²) in [6.45, 7) is 3.66. The second kappa shape index (κ2) is 5.05. The first-order valence-corrected chi connectivity index (χ1v) is 6.91. The summed E-state index contributed by atoms with van der Waals surface area (Å²) in [7, 11) is 1.62. The summed E-state index contributed by atoms with van der Waals surface area (Å²) in [5.41, 5.74) is 4.67. The van der Waals surface area contributed by atoms with Gasteiger partial charge in [-0.05, 0) is 32.6 Å². The van der Waals surface area contributed by atoms with E-state index < -0.39 is 11.6 Å². The van der Waals surface area contributed by atoms with Crippen LogP contribution >= 0.6 is 0 Å². The van der Waals surface area contributed by atoms with Crippen LogP contribution in [0.4, 0.5) is 4.79 Å². The molecule has 1 heterocycles. The summed E-state index contributed by atoms with van der Waals surface area (Å²) >= 11 is 0. The minimum absolute atomic E-state index is 0.127. The third-order valence-electron chi connectivity index (χ3n) is 4.38. The molecule has 0 radical (unpaired) electrons. The summed E-state index contributed by atoms with van der Waals surface area (Å²) in [4.78, 5) is 38.9. The first-order valence-electron chi connectivity index (χ1n) is 6.91. The van der Waals surface area contributed by atoms with E-state index in [-0.39, 0.29) is 30.3 Å². The van der Waals surface area contributed by atoms with Crippen molar-refractivity contribution in [2.45, 2.75) is 38.3 Å². The quantitative estimate of drug-likeness (QED) is 0.665. The number of nitrogens with two attached hydrogens (primary N) is 1. The van der Waals surface area contributed by atoms with Crippen LogP contribution in [-0.4, -0.2) is 59.4 Å². The molecule has 0 bridgehead atoms. The lowest BCUT2D eigenvalue weighted by Crippen LogP contribution is -2.48. The van der Waals surface area contributed by atoms with E-state index in [9.17, 15) is 14.4 Å². The highest BCUT2D eigenvalue weighted by atomic mass is 16.2. The highest BCUT2D eigenvalue weighted by Gasteiger charge is 2.56. The maximum absolute atomic E-state index is 12.4. The molecular weight excluding hydrogens is 260 g/mol. The van der Waals surface area contributed by atoms with Gasteiger partial charge in [0.05, 0.1) is 0 Å². The number of amides is 4. The van der Waals surface area contributed by atoms with Crippen molar-refractivity contribution in [3.63, 3.8) is 0 Å². The van der Waals surface area contributed by atoms with E-state index in [1.807, 2.05) is 6.92 Å². The van der Waals surface area contributed by atoms with Crippen molar-refractivity contribution in [1.82, 2.24) is 15.1 Å². The summed E-state index contributed by atoms with van der Waals surface area (Å²) in [5, 5.41) is 2.72. The Labute approximate surface area is 118 Å². The van der Waals surface area contributed by atoms with E-state index in [0.717, 1.165) is 17.7 Å². The molecule has 7 heteroatoms. The molecule has 0 aromatic heterocycles. The Hall–Kier alpha value is -1.63. The van der Waals surface area contributed by atoms with Gasteiger partial charge in [-0.25, -0.2) is 4.79 Å². The largest absolute Gasteiger partial charge is 0.340 e. The lowest BCUT2D eigenvalue weighted by molar-refractivity contribution is -0.139. The van der Waals surface area contributed by atoms with Crippen molar-refractivity contribution in [3.05, 3.63) is 0 Å². The number of carbonyl (C=O) groups excluding carboxylic acids is 3. The first kappa shape index (κ1) is 14.8. The highest BCUT2D eigenvalue weighted by Crippen LogP contribution is 2.42. The maximum Gasteiger partial charge on any atom is 0.325 e. The smallest absolute Gasteiger partial charge is 0.325 e. The van der Waals surface area contributed by atoms with E-state index >= 15 is 0 Å². The maximum atomic E-state index is 12.4. The Balaban J connectivity index is 2.04. The summed E-state index contributed by atoms with van der Waals surface area (Å²) in [6.07, 6.45) is 1.88. The topological polar surface area (TPSA) is 95.7 Å². The average molecular weight is 282 g/mol. The second-order valence-corrected chi connectivity index (χ2v) is 5.89.